The highest BCUT2D eigenvalue weighted by molar-refractivity contribution is 6.24. The fourth-order valence-corrected chi connectivity index (χ4v) is 1.41. The minimum absolute atomic E-state index is 0.187. The molecule has 4 heteroatoms. The van der Waals surface area contributed by atoms with Crippen molar-refractivity contribution in [3.05, 3.63) is 0 Å². The van der Waals surface area contributed by atoms with Crippen LogP contribution in [0.25, 0.3) is 0 Å². The second-order valence-corrected chi connectivity index (χ2v) is 3.91. The van der Waals surface area contributed by atoms with Gasteiger partial charge >= 0.3 is 0 Å². The van der Waals surface area contributed by atoms with Gasteiger partial charge in [-0.25, -0.2) is 0 Å². The Labute approximate surface area is 70.9 Å². The molecule has 4 atom stereocenters. The summed E-state index contributed by atoms with van der Waals surface area (Å²) in [5, 5.41) is 18.2. The van der Waals surface area contributed by atoms with E-state index in [9.17, 15) is 5.11 Å². The minimum Gasteiger partial charge on any atom is -0.394 e. The maximum Gasteiger partial charge on any atom is 0.109 e. The van der Waals surface area contributed by atoms with Crippen LogP contribution in [0.1, 0.15) is 13.8 Å². The lowest BCUT2D eigenvalue weighted by atomic mass is 9.99. The second-order valence-electron chi connectivity index (χ2n) is 3.10. The lowest BCUT2D eigenvalue weighted by molar-refractivity contribution is -0.0170. The molecular formula is C7H13ClO3. The van der Waals surface area contributed by atoms with Gasteiger partial charge in [0.1, 0.15) is 12.2 Å². The molecule has 1 fully saturated rings. The van der Waals surface area contributed by atoms with Gasteiger partial charge in [0.05, 0.1) is 17.6 Å². The Morgan fingerprint density at radius 3 is 2.36 bits per heavy atom. The van der Waals surface area contributed by atoms with E-state index in [1.165, 1.54) is 0 Å². The quantitative estimate of drug-likeness (QED) is 0.564. The molecule has 66 valence electrons. The molecule has 0 aromatic carbocycles. The first-order chi connectivity index (χ1) is 5.00. The van der Waals surface area contributed by atoms with Crippen molar-refractivity contribution < 1.29 is 14.9 Å². The maximum atomic E-state index is 9.47. The van der Waals surface area contributed by atoms with Crippen LogP contribution in [0.2, 0.25) is 0 Å². The highest BCUT2D eigenvalue weighted by Crippen LogP contribution is 2.35. The summed E-state index contributed by atoms with van der Waals surface area (Å²) < 4.78 is 5.21. The molecule has 2 N–H and O–H groups in total. The van der Waals surface area contributed by atoms with E-state index in [2.05, 4.69) is 0 Å². The zero-order valence-corrected chi connectivity index (χ0v) is 7.38. The van der Waals surface area contributed by atoms with Crippen LogP contribution < -0.4 is 0 Å². The highest BCUT2D eigenvalue weighted by Gasteiger charge is 2.49. The van der Waals surface area contributed by atoms with Crippen LogP contribution in [-0.4, -0.2) is 40.0 Å². The SMILES string of the molecule is C[C@@H]1OC(CO)C(O)C1(C)Cl. The van der Waals surface area contributed by atoms with Gasteiger partial charge in [0, 0.05) is 0 Å². The average molecular weight is 181 g/mol. The predicted molar refractivity (Wildman–Crippen MR) is 41.7 cm³/mol. The molecule has 0 aromatic heterocycles. The number of ether oxygens (including phenoxy) is 1. The van der Waals surface area contributed by atoms with Gasteiger partial charge in [0.15, 0.2) is 0 Å². The molecule has 1 heterocycles. The molecular weight excluding hydrogens is 168 g/mol. The molecule has 0 radical (unpaired) electrons. The number of hydrogen-bond acceptors (Lipinski definition) is 3. The summed E-state index contributed by atoms with van der Waals surface area (Å²) >= 11 is 5.96. The molecule has 1 aliphatic heterocycles. The Morgan fingerprint density at radius 1 is 1.64 bits per heavy atom. The zero-order valence-electron chi connectivity index (χ0n) is 6.62. The number of hydrogen-bond donors (Lipinski definition) is 2. The van der Waals surface area contributed by atoms with Crippen molar-refractivity contribution in [1.29, 1.82) is 0 Å². The predicted octanol–water partition coefficient (Wildman–Crippen LogP) is 0.124. The van der Waals surface area contributed by atoms with Crippen molar-refractivity contribution in [2.24, 2.45) is 0 Å². The highest BCUT2D eigenvalue weighted by atomic mass is 35.5. The molecule has 0 saturated carbocycles. The molecule has 0 aromatic rings. The minimum atomic E-state index is -0.788. The summed E-state index contributed by atoms with van der Waals surface area (Å²) in [7, 11) is 0. The average Bonchev–Trinajstić information content (AvgIpc) is 2.14. The van der Waals surface area contributed by atoms with Crippen molar-refractivity contribution in [3.63, 3.8) is 0 Å². The molecule has 11 heavy (non-hydrogen) atoms. The largest absolute Gasteiger partial charge is 0.394 e. The van der Waals surface area contributed by atoms with Gasteiger partial charge in [-0.3, -0.25) is 0 Å². The molecule has 0 aliphatic carbocycles. The van der Waals surface area contributed by atoms with Crippen LogP contribution in [0.15, 0.2) is 0 Å². The van der Waals surface area contributed by atoms with Gasteiger partial charge in [0.25, 0.3) is 0 Å². The first kappa shape index (κ1) is 9.26. The van der Waals surface area contributed by atoms with Crippen molar-refractivity contribution >= 4 is 11.6 Å². The first-order valence-electron chi connectivity index (χ1n) is 3.63. The molecule has 1 saturated heterocycles. The summed E-state index contributed by atoms with van der Waals surface area (Å²) in [6.45, 7) is 3.30. The molecule has 0 spiro atoms. The molecule has 0 bridgehead atoms. The topological polar surface area (TPSA) is 49.7 Å². The Morgan fingerprint density at radius 2 is 2.18 bits per heavy atom. The van der Waals surface area contributed by atoms with Crippen molar-refractivity contribution in [1.82, 2.24) is 0 Å². The van der Waals surface area contributed by atoms with Gasteiger partial charge in [0.2, 0.25) is 0 Å². The lowest BCUT2D eigenvalue weighted by Crippen LogP contribution is -2.39. The monoisotopic (exact) mass is 180 g/mol. The third kappa shape index (κ3) is 1.38. The van der Waals surface area contributed by atoms with E-state index < -0.39 is 17.1 Å². The van der Waals surface area contributed by atoms with Crippen LogP contribution in [0.3, 0.4) is 0 Å². The van der Waals surface area contributed by atoms with Gasteiger partial charge in [-0.05, 0) is 13.8 Å². The Bertz CT molecular complexity index is 149. The summed E-state index contributed by atoms with van der Waals surface area (Å²) in [5.41, 5.74) is 0. The molecule has 1 rings (SSSR count). The fourth-order valence-electron chi connectivity index (χ4n) is 1.22. The van der Waals surface area contributed by atoms with Gasteiger partial charge in [-0.1, -0.05) is 0 Å². The van der Waals surface area contributed by atoms with Gasteiger partial charge in [-0.15, -0.1) is 11.6 Å². The van der Waals surface area contributed by atoms with E-state index in [0.29, 0.717) is 0 Å². The summed E-state index contributed by atoms with van der Waals surface area (Å²) in [5.74, 6) is 0. The van der Waals surface area contributed by atoms with Crippen LogP contribution in [0.4, 0.5) is 0 Å². The van der Waals surface area contributed by atoms with Crippen molar-refractivity contribution in [3.8, 4) is 0 Å². The van der Waals surface area contributed by atoms with Gasteiger partial charge < -0.3 is 14.9 Å². The van der Waals surface area contributed by atoms with E-state index in [0.717, 1.165) is 0 Å². The normalized spacial score (nSPS) is 51.5. The van der Waals surface area contributed by atoms with Crippen LogP contribution in [0.5, 0.6) is 0 Å². The first-order valence-corrected chi connectivity index (χ1v) is 4.01. The molecule has 3 unspecified atom stereocenters. The Kier molecular flexibility index (Phi) is 2.44. The smallest absolute Gasteiger partial charge is 0.109 e. The summed E-state index contributed by atoms with van der Waals surface area (Å²) in [6.07, 6.45) is -1.55. The fraction of sp³-hybridized carbons (Fsp3) is 1.00. The van der Waals surface area contributed by atoms with E-state index in [1.807, 2.05) is 0 Å². The second kappa shape index (κ2) is 2.90. The third-order valence-electron chi connectivity index (χ3n) is 2.28. The molecule has 0 amide bonds. The van der Waals surface area contributed by atoms with E-state index in [4.69, 9.17) is 21.4 Å². The number of halogens is 1. The van der Waals surface area contributed by atoms with Crippen LogP contribution >= 0.6 is 11.6 Å². The molecule has 3 nitrogen and oxygen atoms in total. The van der Waals surface area contributed by atoms with E-state index >= 15 is 0 Å². The van der Waals surface area contributed by atoms with Crippen LogP contribution in [0, 0.1) is 0 Å². The standard InChI is InChI=1S/C7H13ClO3/c1-4-7(2,8)6(10)5(3-9)11-4/h4-6,9-10H,3H2,1-2H3/t4-,5?,6?,7?/m0/s1. The summed E-state index contributed by atoms with van der Waals surface area (Å²) in [6, 6.07) is 0. The van der Waals surface area contributed by atoms with E-state index in [-0.39, 0.29) is 12.7 Å². The van der Waals surface area contributed by atoms with Gasteiger partial charge in [-0.2, -0.15) is 0 Å². The number of alkyl halides is 1. The number of aliphatic hydroxyl groups is 2. The van der Waals surface area contributed by atoms with E-state index in [1.54, 1.807) is 13.8 Å². The van der Waals surface area contributed by atoms with Crippen molar-refractivity contribution in [2.75, 3.05) is 6.61 Å². The lowest BCUT2D eigenvalue weighted by Gasteiger charge is -2.22. The molecule has 1 aliphatic rings. The Hall–Kier alpha value is 0.170. The maximum absolute atomic E-state index is 9.47. The Balaban J connectivity index is 2.71. The van der Waals surface area contributed by atoms with Crippen LogP contribution in [-0.2, 0) is 4.74 Å². The van der Waals surface area contributed by atoms with Crippen molar-refractivity contribution in [2.45, 2.75) is 37.0 Å². The zero-order chi connectivity index (χ0) is 8.65. The number of rotatable bonds is 1. The summed E-state index contributed by atoms with van der Waals surface area (Å²) in [4.78, 5) is -0.770. The number of aliphatic hydroxyl groups excluding tert-OH is 2. The third-order valence-corrected chi connectivity index (χ3v) is 2.82.